The summed E-state index contributed by atoms with van der Waals surface area (Å²) in [5.41, 5.74) is 3.57. The number of hydrogen-bond donors (Lipinski definition) is 1. The van der Waals surface area contributed by atoms with Gasteiger partial charge in [-0.3, -0.25) is 0 Å². The topological polar surface area (TPSA) is 44.8 Å². The lowest BCUT2D eigenvalue weighted by Gasteiger charge is -2.35. The van der Waals surface area contributed by atoms with E-state index in [9.17, 15) is 4.79 Å². The number of ether oxygens (including phenoxy) is 1. The van der Waals surface area contributed by atoms with Crippen molar-refractivity contribution in [1.29, 1.82) is 0 Å². The fourth-order valence-electron chi connectivity index (χ4n) is 3.27. The molecule has 2 aromatic rings. The van der Waals surface area contributed by atoms with Gasteiger partial charge in [0.15, 0.2) is 0 Å². The third kappa shape index (κ3) is 5.16. The number of carbonyl (C=O) groups is 1. The minimum absolute atomic E-state index is 0.189. The molecule has 1 fully saturated rings. The predicted molar refractivity (Wildman–Crippen MR) is 110 cm³/mol. The normalized spacial score (nSPS) is 15.3. The Kier molecular flexibility index (Phi) is 6.58. The number of nitrogens with one attached hydrogen (secondary N) is 1. The second-order valence-electron chi connectivity index (χ2n) is 6.91. The number of amides is 1. The summed E-state index contributed by atoms with van der Waals surface area (Å²) in [7, 11) is 0. The zero-order valence-electron chi connectivity index (χ0n) is 16.2. The Hall–Kier alpha value is -2.69. The van der Waals surface area contributed by atoms with Crippen LogP contribution in [-0.4, -0.2) is 43.8 Å². The molecular weight excluding hydrogens is 338 g/mol. The van der Waals surface area contributed by atoms with Crippen LogP contribution in [0.25, 0.3) is 0 Å². The third-order valence-corrected chi connectivity index (χ3v) is 4.88. The highest BCUT2D eigenvalue weighted by Crippen LogP contribution is 2.23. The summed E-state index contributed by atoms with van der Waals surface area (Å²) in [5, 5.41) is 3.54. The quantitative estimate of drug-likeness (QED) is 0.815. The number of hydrogen-bond acceptors (Lipinski definition) is 4. The van der Waals surface area contributed by atoms with Crippen molar-refractivity contribution in [3.63, 3.8) is 0 Å². The summed E-state index contributed by atoms with van der Waals surface area (Å²) in [6.45, 7) is 7.73. The molecule has 1 aliphatic rings. The largest absolute Gasteiger partial charge is 0.449 e. The molecule has 2 aromatic carbocycles. The van der Waals surface area contributed by atoms with Gasteiger partial charge >= 0.3 is 6.09 Å². The standard InChI is InChI=1S/C22H29N3O2/c1-3-17-27-22(26)25-15-13-24(14-16-25)21-11-9-20(10-12-21)23-18(2)19-7-5-4-6-8-19/h4-12,18,23H,3,13-17H2,1-2H3. The lowest BCUT2D eigenvalue weighted by atomic mass is 10.1. The first-order chi connectivity index (χ1) is 13.2. The number of anilines is 2. The van der Waals surface area contributed by atoms with Crippen molar-refractivity contribution < 1.29 is 9.53 Å². The van der Waals surface area contributed by atoms with Crippen molar-refractivity contribution in [2.45, 2.75) is 26.3 Å². The number of nitrogens with zero attached hydrogens (tertiary/aromatic N) is 2. The molecular formula is C22H29N3O2. The molecule has 1 heterocycles. The average molecular weight is 367 g/mol. The monoisotopic (exact) mass is 367 g/mol. The van der Waals surface area contributed by atoms with Crippen LogP contribution in [0, 0.1) is 0 Å². The number of benzene rings is 2. The number of carbonyl (C=O) groups excluding carboxylic acids is 1. The van der Waals surface area contributed by atoms with Crippen LogP contribution < -0.4 is 10.2 Å². The van der Waals surface area contributed by atoms with Gasteiger partial charge in [0, 0.05) is 43.6 Å². The molecule has 1 amide bonds. The Balaban J connectivity index is 1.52. The van der Waals surface area contributed by atoms with Gasteiger partial charge in [0.05, 0.1) is 6.61 Å². The maximum absolute atomic E-state index is 11.9. The maximum Gasteiger partial charge on any atom is 0.409 e. The van der Waals surface area contributed by atoms with E-state index >= 15 is 0 Å². The molecule has 0 aromatic heterocycles. The first kappa shape index (κ1) is 19.1. The van der Waals surface area contributed by atoms with Crippen LogP contribution in [0.3, 0.4) is 0 Å². The highest BCUT2D eigenvalue weighted by Gasteiger charge is 2.22. The second kappa shape index (κ2) is 9.31. The van der Waals surface area contributed by atoms with E-state index in [2.05, 4.69) is 65.7 Å². The van der Waals surface area contributed by atoms with E-state index in [0.717, 1.165) is 25.2 Å². The fourth-order valence-corrected chi connectivity index (χ4v) is 3.27. The van der Waals surface area contributed by atoms with Crippen LogP contribution in [0.5, 0.6) is 0 Å². The Labute approximate surface area is 161 Å². The molecule has 5 heteroatoms. The fraction of sp³-hybridized carbons (Fsp3) is 0.409. The van der Waals surface area contributed by atoms with Gasteiger partial charge in [-0.25, -0.2) is 4.79 Å². The minimum atomic E-state index is -0.189. The van der Waals surface area contributed by atoms with Gasteiger partial charge in [-0.15, -0.1) is 0 Å². The van der Waals surface area contributed by atoms with Gasteiger partial charge in [-0.2, -0.15) is 0 Å². The number of piperazine rings is 1. The SMILES string of the molecule is CCCOC(=O)N1CCN(c2ccc(NC(C)c3ccccc3)cc2)CC1. The van der Waals surface area contributed by atoms with Crippen LogP contribution in [0.4, 0.5) is 16.2 Å². The van der Waals surface area contributed by atoms with Gasteiger partial charge in [0.25, 0.3) is 0 Å². The highest BCUT2D eigenvalue weighted by atomic mass is 16.6. The van der Waals surface area contributed by atoms with E-state index in [0.29, 0.717) is 19.7 Å². The van der Waals surface area contributed by atoms with E-state index < -0.39 is 0 Å². The average Bonchev–Trinajstić information content (AvgIpc) is 2.73. The van der Waals surface area contributed by atoms with Crippen LogP contribution in [0.1, 0.15) is 31.9 Å². The lowest BCUT2D eigenvalue weighted by molar-refractivity contribution is 0.100. The van der Waals surface area contributed by atoms with E-state index in [1.807, 2.05) is 13.0 Å². The van der Waals surface area contributed by atoms with Gasteiger partial charge < -0.3 is 19.9 Å². The van der Waals surface area contributed by atoms with E-state index in [-0.39, 0.29) is 12.1 Å². The molecule has 1 atom stereocenters. The minimum Gasteiger partial charge on any atom is -0.449 e. The molecule has 0 bridgehead atoms. The van der Waals surface area contributed by atoms with Crippen molar-refractivity contribution in [3.05, 3.63) is 60.2 Å². The van der Waals surface area contributed by atoms with E-state index in [1.165, 1.54) is 11.3 Å². The molecule has 0 aliphatic carbocycles. The van der Waals surface area contributed by atoms with Crippen LogP contribution >= 0.6 is 0 Å². The van der Waals surface area contributed by atoms with Gasteiger partial charge in [0.2, 0.25) is 0 Å². The van der Waals surface area contributed by atoms with Crippen molar-refractivity contribution in [2.24, 2.45) is 0 Å². The van der Waals surface area contributed by atoms with Gasteiger partial charge in [0.1, 0.15) is 0 Å². The lowest BCUT2D eigenvalue weighted by Crippen LogP contribution is -2.49. The summed E-state index contributed by atoms with van der Waals surface area (Å²) in [5.74, 6) is 0. The molecule has 3 rings (SSSR count). The van der Waals surface area contributed by atoms with Gasteiger partial charge in [-0.1, -0.05) is 37.3 Å². The molecule has 1 aliphatic heterocycles. The van der Waals surface area contributed by atoms with Crippen LogP contribution in [0.15, 0.2) is 54.6 Å². The predicted octanol–water partition coefficient (Wildman–Crippen LogP) is 4.53. The molecule has 5 nitrogen and oxygen atoms in total. The van der Waals surface area contributed by atoms with Crippen molar-refractivity contribution in [2.75, 3.05) is 43.0 Å². The molecule has 0 spiro atoms. The molecule has 144 valence electrons. The zero-order valence-corrected chi connectivity index (χ0v) is 16.2. The third-order valence-electron chi connectivity index (χ3n) is 4.88. The molecule has 0 radical (unpaired) electrons. The van der Waals surface area contributed by atoms with Crippen LogP contribution in [-0.2, 0) is 4.74 Å². The van der Waals surface area contributed by atoms with E-state index in [1.54, 1.807) is 4.90 Å². The Morgan fingerprint density at radius 3 is 2.33 bits per heavy atom. The zero-order chi connectivity index (χ0) is 19.1. The molecule has 0 saturated carbocycles. The molecule has 27 heavy (non-hydrogen) atoms. The van der Waals surface area contributed by atoms with E-state index in [4.69, 9.17) is 4.74 Å². The number of rotatable bonds is 6. The molecule has 1 unspecified atom stereocenters. The van der Waals surface area contributed by atoms with Crippen LogP contribution in [0.2, 0.25) is 0 Å². The second-order valence-corrected chi connectivity index (χ2v) is 6.91. The summed E-state index contributed by atoms with van der Waals surface area (Å²) in [6.07, 6.45) is 0.667. The molecule has 1 saturated heterocycles. The molecule has 1 N–H and O–H groups in total. The summed E-state index contributed by atoms with van der Waals surface area (Å²) in [6, 6.07) is 19.2. The van der Waals surface area contributed by atoms with Crippen molar-refractivity contribution in [3.8, 4) is 0 Å². The maximum atomic E-state index is 11.9. The summed E-state index contributed by atoms with van der Waals surface area (Å²) in [4.78, 5) is 16.1. The van der Waals surface area contributed by atoms with Crippen molar-refractivity contribution >= 4 is 17.5 Å². The Morgan fingerprint density at radius 2 is 1.70 bits per heavy atom. The first-order valence-electron chi connectivity index (χ1n) is 9.75. The smallest absolute Gasteiger partial charge is 0.409 e. The Bertz CT molecular complexity index is 710. The van der Waals surface area contributed by atoms with Crippen molar-refractivity contribution in [1.82, 2.24) is 4.90 Å². The first-order valence-corrected chi connectivity index (χ1v) is 9.75. The Morgan fingerprint density at radius 1 is 1.04 bits per heavy atom. The summed E-state index contributed by atoms with van der Waals surface area (Å²) >= 11 is 0. The summed E-state index contributed by atoms with van der Waals surface area (Å²) < 4.78 is 5.22. The van der Waals surface area contributed by atoms with Gasteiger partial charge in [-0.05, 0) is 43.2 Å². The highest BCUT2D eigenvalue weighted by molar-refractivity contribution is 5.68.